The van der Waals surface area contributed by atoms with Crippen LogP contribution in [0.15, 0.2) is 68.8 Å². The van der Waals surface area contributed by atoms with Crippen molar-refractivity contribution in [2.24, 2.45) is 0 Å². The second-order valence-electron chi connectivity index (χ2n) is 7.44. The zero-order valence-corrected chi connectivity index (χ0v) is 20.7. The van der Waals surface area contributed by atoms with Gasteiger partial charge in [-0.25, -0.2) is 17.8 Å². The number of hydrogen-bond donors (Lipinski definition) is 2. The number of ether oxygens (including phenoxy) is 2. The highest BCUT2D eigenvalue weighted by atomic mass is 35.5. The Morgan fingerprint density at radius 1 is 1.14 bits per heavy atom. The maximum Gasteiger partial charge on any atom is 0.266 e. The Morgan fingerprint density at radius 3 is 2.72 bits per heavy atom. The predicted octanol–water partition coefficient (Wildman–Crippen LogP) is 5.93. The van der Waals surface area contributed by atoms with Gasteiger partial charge in [-0.2, -0.15) is 0 Å². The number of halogens is 2. The Kier molecular flexibility index (Phi) is 6.16. The SMILES string of the molecule is COc1ccc(Oc2cc(F)c(S(=O)(=O)Nc3cscn3)cc2Cl)c(-c2ccc3onc(N)c3c2)c1. The van der Waals surface area contributed by atoms with Crippen LogP contribution in [0.5, 0.6) is 17.2 Å². The van der Waals surface area contributed by atoms with E-state index in [9.17, 15) is 12.8 Å². The predicted molar refractivity (Wildman–Crippen MR) is 135 cm³/mol. The van der Waals surface area contributed by atoms with Gasteiger partial charge in [-0.15, -0.1) is 11.3 Å². The quantitative estimate of drug-likeness (QED) is 0.257. The highest BCUT2D eigenvalue weighted by molar-refractivity contribution is 7.92. The lowest BCUT2D eigenvalue weighted by Crippen LogP contribution is -2.15. The highest BCUT2D eigenvalue weighted by Crippen LogP contribution is 2.40. The van der Waals surface area contributed by atoms with E-state index in [1.807, 2.05) is 0 Å². The Labute approximate surface area is 213 Å². The molecule has 0 radical (unpaired) electrons. The molecule has 0 saturated carbocycles. The van der Waals surface area contributed by atoms with E-state index in [1.165, 1.54) is 29.3 Å². The minimum Gasteiger partial charge on any atom is -0.497 e. The van der Waals surface area contributed by atoms with Crippen LogP contribution in [0.3, 0.4) is 0 Å². The van der Waals surface area contributed by atoms with Crippen LogP contribution in [0.2, 0.25) is 5.02 Å². The summed E-state index contributed by atoms with van der Waals surface area (Å²) in [5.74, 6) is 0.0180. The van der Waals surface area contributed by atoms with E-state index >= 15 is 0 Å². The Bertz CT molecular complexity index is 1690. The molecule has 2 aromatic heterocycles. The molecule has 13 heteroatoms. The van der Waals surface area contributed by atoms with E-state index in [4.69, 9.17) is 31.3 Å². The molecule has 9 nitrogen and oxygen atoms in total. The van der Waals surface area contributed by atoms with Gasteiger partial charge in [-0.05, 0) is 42.0 Å². The first-order chi connectivity index (χ1) is 17.2. The van der Waals surface area contributed by atoms with E-state index in [-0.39, 0.29) is 22.4 Å². The number of aromatic nitrogens is 2. The maximum absolute atomic E-state index is 15.0. The van der Waals surface area contributed by atoms with Gasteiger partial charge in [0.15, 0.2) is 17.2 Å². The molecule has 2 heterocycles. The van der Waals surface area contributed by atoms with Gasteiger partial charge in [0, 0.05) is 17.0 Å². The molecule has 0 unspecified atom stereocenters. The number of fused-ring (bicyclic) bond motifs is 1. The molecular weight excluding hydrogens is 531 g/mol. The highest BCUT2D eigenvalue weighted by Gasteiger charge is 2.23. The fraction of sp³-hybridized carbons (Fsp3) is 0.0435. The van der Waals surface area contributed by atoms with Gasteiger partial charge < -0.3 is 19.7 Å². The Morgan fingerprint density at radius 2 is 1.97 bits per heavy atom. The molecule has 36 heavy (non-hydrogen) atoms. The molecule has 5 aromatic rings. The van der Waals surface area contributed by atoms with Gasteiger partial charge in [0.25, 0.3) is 10.0 Å². The molecule has 5 rings (SSSR count). The number of nitrogens with two attached hydrogens (primary N) is 1. The van der Waals surface area contributed by atoms with Crippen LogP contribution < -0.4 is 19.9 Å². The normalized spacial score (nSPS) is 11.5. The van der Waals surface area contributed by atoms with E-state index < -0.39 is 20.7 Å². The van der Waals surface area contributed by atoms with Crippen molar-refractivity contribution in [1.82, 2.24) is 10.1 Å². The third-order valence-corrected chi connectivity index (χ3v) is 7.41. The lowest BCUT2D eigenvalue weighted by molar-refractivity contribution is 0.413. The van der Waals surface area contributed by atoms with Crippen LogP contribution in [0.4, 0.5) is 16.0 Å². The summed E-state index contributed by atoms with van der Waals surface area (Å²) in [5, 5.41) is 5.72. The molecule has 0 aliphatic rings. The van der Waals surface area contributed by atoms with Gasteiger partial charge in [-0.3, -0.25) is 4.72 Å². The first-order valence-corrected chi connectivity index (χ1v) is 13.0. The van der Waals surface area contributed by atoms with E-state index in [0.717, 1.165) is 12.1 Å². The van der Waals surface area contributed by atoms with Crippen molar-refractivity contribution in [1.29, 1.82) is 0 Å². The minimum absolute atomic E-state index is 0.0733. The Balaban J connectivity index is 1.53. The van der Waals surface area contributed by atoms with Crippen LogP contribution in [-0.4, -0.2) is 25.7 Å². The maximum atomic E-state index is 15.0. The number of benzene rings is 3. The fourth-order valence-electron chi connectivity index (χ4n) is 3.44. The number of hydrogen-bond acceptors (Lipinski definition) is 9. The molecule has 3 N–H and O–H groups in total. The zero-order chi connectivity index (χ0) is 25.4. The van der Waals surface area contributed by atoms with Crippen molar-refractivity contribution in [2.45, 2.75) is 4.90 Å². The second kappa shape index (κ2) is 9.30. The van der Waals surface area contributed by atoms with E-state index in [1.54, 1.807) is 36.4 Å². The van der Waals surface area contributed by atoms with Crippen LogP contribution in [0, 0.1) is 5.82 Å². The van der Waals surface area contributed by atoms with Crippen molar-refractivity contribution in [2.75, 3.05) is 17.6 Å². The summed E-state index contributed by atoms with van der Waals surface area (Å²) in [6.07, 6.45) is 0. The van der Waals surface area contributed by atoms with Crippen molar-refractivity contribution in [3.05, 3.63) is 70.3 Å². The molecule has 0 aliphatic heterocycles. The first kappa shape index (κ1) is 23.9. The molecular formula is C23H16ClFN4O5S2. The molecule has 0 aliphatic carbocycles. The summed E-state index contributed by atoms with van der Waals surface area (Å²) < 4.78 is 58.9. The van der Waals surface area contributed by atoms with Crippen molar-refractivity contribution in [3.63, 3.8) is 0 Å². The summed E-state index contributed by atoms with van der Waals surface area (Å²) in [6, 6.07) is 12.1. The van der Waals surface area contributed by atoms with Gasteiger partial charge in [0.2, 0.25) is 0 Å². The van der Waals surface area contributed by atoms with Crippen molar-refractivity contribution >= 4 is 55.6 Å². The third kappa shape index (κ3) is 4.53. The molecule has 0 saturated heterocycles. The van der Waals surface area contributed by atoms with E-state index in [0.29, 0.717) is 33.6 Å². The lowest BCUT2D eigenvalue weighted by atomic mass is 10.0. The molecule has 0 bridgehead atoms. The summed E-state index contributed by atoms with van der Waals surface area (Å²) >= 11 is 7.51. The number of methoxy groups -OCH3 is 1. The van der Waals surface area contributed by atoms with Gasteiger partial charge >= 0.3 is 0 Å². The fourth-order valence-corrected chi connectivity index (χ4v) is 5.36. The summed E-state index contributed by atoms with van der Waals surface area (Å²) in [4.78, 5) is 3.20. The van der Waals surface area contributed by atoms with Crippen LogP contribution in [0.1, 0.15) is 0 Å². The molecule has 0 spiro atoms. The van der Waals surface area contributed by atoms with Crippen LogP contribution in [0.25, 0.3) is 22.1 Å². The minimum atomic E-state index is -4.27. The Hall–Kier alpha value is -3.87. The summed E-state index contributed by atoms with van der Waals surface area (Å²) in [5.41, 5.74) is 9.11. The van der Waals surface area contributed by atoms with Gasteiger partial charge in [-0.1, -0.05) is 22.8 Å². The molecule has 0 amide bonds. The topological polar surface area (TPSA) is 130 Å². The number of nitrogens with zero attached hydrogens (tertiary/aromatic N) is 2. The summed E-state index contributed by atoms with van der Waals surface area (Å²) in [7, 11) is -2.75. The van der Waals surface area contributed by atoms with Crippen molar-refractivity contribution in [3.8, 4) is 28.4 Å². The van der Waals surface area contributed by atoms with Crippen LogP contribution >= 0.6 is 22.9 Å². The number of sulfonamides is 1. The molecule has 0 atom stereocenters. The standard InChI is InChI=1S/C23H16ClFN4O5S2/c1-32-13-3-5-18(14(7-13)12-2-4-19-15(6-12)23(26)28-34-19)33-20-9-17(25)21(8-16(20)24)36(30,31)29-22-10-35-11-27-22/h2-11,29H,1H3,(H2,26,28). The van der Waals surface area contributed by atoms with Gasteiger partial charge in [0.05, 0.1) is 23.0 Å². The number of anilines is 2. The second-order valence-corrected chi connectivity index (χ2v) is 10.2. The average molecular weight is 547 g/mol. The van der Waals surface area contributed by atoms with Gasteiger partial charge in [0.1, 0.15) is 28.0 Å². The van der Waals surface area contributed by atoms with Crippen molar-refractivity contribution < 1.29 is 26.8 Å². The number of rotatable bonds is 7. The van der Waals surface area contributed by atoms with E-state index in [2.05, 4.69) is 14.9 Å². The zero-order valence-electron chi connectivity index (χ0n) is 18.4. The third-order valence-electron chi connectivity index (χ3n) is 5.16. The lowest BCUT2D eigenvalue weighted by Gasteiger charge is -2.15. The van der Waals surface area contributed by atoms with Crippen LogP contribution in [-0.2, 0) is 10.0 Å². The molecule has 184 valence electrons. The number of nitrogens with one attached hydrogen (secondary N) is 1. The number of thiazole rings is 1. The summed E-state index contributed by atoms with van der Waals surface area (Å²) in [6.45, 7) is 0. The monoisotopic (exact) mass is 546 g/mol. The largest absolute Gasteiger partial charge is 0.497 e. The average Bonchev–Trinajstić information content (AvgIpc) is 3.50. The smallest absolute Gasteiger partial charge is 0.266 e. The first-order valence-electron chi connectivity index (χ1n) is 10.2. The molecule has 3 aromatic carbocycles. The number of nitrogen functional groups attached to an aromatic ring is 1. The molecule has 0 fully saturated rings.